The zero-order valence-electron chi connectivity index (χ0n) is 6.24. The zero-order chi connectivity index (χ0) is 7.61. The third-order valence-electron chi connectivity index (χ3n) is 1.52. The minimum absolute atomic E-state index is 0. The molecule has 1 fully saturated rings. The van der Waals surface area contributed by atoms with Crippen molar-refractivity contribution in [1.29, 1.82) is 0 Å². The second kappa shape index (κ2) is 4.25. The van der Waals surface area contributed by atoms with E-state index in [0.717, 1.165) is 0 Å². The van der Waals surface area contributed by atoms with Crippen LogP contribution >= 0.6 is 12.4 Å². The van der Waals surface area contributed by atoms with Crippen molar-refractivity contribution in [2.24, 2.45) is 0 Å². The molecule has 6 heteroatoms. The monoisotopic (exact) mass is 201 g/mol. The summed E-state index contributed by atoms with van der Waals surface area (Å²) < 4.78 is 21.6. The molecular formula is C5H12ClNO3S. The standard InChI is InChI=1S/C5H11NO3S.ClH/c1-9-6-5-2-3-10(7,8)4-5;/h5-6H,2-4H2,1H3;1H. The summed E-state index contributed by atoms with van der Waals surface area (Å²) in [6.45, 7) is 0. The molecule has 0 saturated carbocycles. The van der Waals surface area contributed by atoms with E-state index < -0.39 is 9.84 Å². The molecule has 11 heavy (non-hydrogen) atoms. The van der Waals surface area contributed by atoms with Gasteiger partial charge in [0.15, 0.2) is 9.84 Å². The predicted octanol–water partition coefficient (Wildman–Crippen LogP) is -0.254. The van der Waals surface area contributed by atoms with Gasteiger partial charge >= 0.3 is 0 Å². The van der Waals surface area contributed by atoms with Crippen molar-refractivity contribution < 1.29 is 13.3 Å². The smallest absolute Gasteiger partial charge is 0.151 e. The molecule has 1 N–H and O–H groups in total. The summed E-state index contributed by atoms with van der Waals surface area (Å²) in [6.07, 6.45) is 0.663. The molecule has 0 aromatic rings. The number of hydrogen-bond donors (Lipinski definition) is 1. The van der Waals surface area contributed by atoms with E-state index in [2.05, 4.69) is 10.3 Å². The van der Waals surface area contributed by atoms with Crippen LogP contribution in [0.1, 0.15) is 6.42 Å². The second-order valence-corrected chi connectivity index (χ2v) is 4.65. The predicted molar refractivity (Wildman–Crippen MR) is 44.5 cm³/mol. The molecule has 0 amide bonds. The Bertz CT molecular complexity index is 204. The SMILES string of the molecule is CONC1CCS(=O)(=O)C1.Cl. The van der Waals surface area contributed by atoms with E-state index in [1.807, 2.05) is 0 Å². The lowest BCUT2D eigenvalue weighted by molar-refractivity contribution is 0.0680. The van der Waals surface area contributed by atoms with Crippen LogP contribution in [-0.4, -0.2) is 33.1 Å². The molecular weight excluding hydrogens is 190 g/mol. The van der Waals surface area contributed by atoms with Crippen molar-refractivity contribution in [3.8, 4) is 0 Å². The first-order valence-electron chi connectivity index (χ1n) is 3.13. The molecule has 68 valence electrons. The third-order valence-corrected chi connectivity index (χ3v) is 3.28. The molecule has 0 bridgehead atoms. The largest absolute Gasteiger partial charge is 0.305 e. The molecule has 1 unspecified atom stereocenters. The van der Waals surface area contributed by atoms with Crippen LogP contribution in [0.4, 0.5) is 0 Å². The van der Waals surface area contributed by atoms with E-state index in [4.69, 9.17) is 0 Å². The molecule has 0 spiro atoms. The van der Waals surface area contributed by atoms with Gasteiger partial charge < -0.3 is 4.84 Å². The van der Waals surface area contributed by atoms with E-state index in [1.165, 1.54) is 7.11 Å². The van der Waals surface area contributed by atoms with Crippen molar-refractivity contribution >= 4 is 22.2 Å². The van der Waals surface area contributed by atoms with Crippen molar-refractivity contribution in [3.63, 3.8) is 0 Å². The molecule has 1 aliphatic heterocycles. The van der Waals surface area contributed by atoms with Crippen LogP contribution in [0.3, 0.4) is 0 Å². The highest BCUT2D eigenvalue weighted by atomic mass is 35.5. The van der Waals surface area contributed by atoms with Crippen molar-refractivity contribution in [2.45, 2.75) is 12.5 Å². The average Bonchev–Trinajstić information content (AvgIpc) is 2.12. The number of hydrogen-bond acceptors (Lipinski definition) is 4. The summed E-state index contributed by atoms with van der Waals surface area (Å²) >= 11 is 0. The Labute approximate surface area is 72.6 Å². The van der Waals surface area contributed by atoms with Crippen LogP contribution < -0.4 is 5.48 Å². The summed E-state index contributed by atoms with van der Waals surface area (Å²) in [5.74, 6) is 0.495. The van der Waals surface area contributed by atoms with E-state index in [-0.39, 0.29) is 30.0 Å². The van der Waals surface area contributed by atoms with Crippen molar-refractivity contribution in [3.05, 3.63) is 0 Å². The van der Waals surface area contributed by atoms with Gasteiger partial charge in [-0.15, -0.1) is 12.4 Å². The summed E-state index contributed by atoms with van der Waals surface area (Å²) in [5, 5.41) is 0. The molecule has 0 aliphatic carbocycles. The van der Waals surface area contributed by atoms with Crippen molar-refractivity contribution in [2.75, 3.05) is 18.6 Å². The Morgan fingerprint density at radius 1 is 1.55 bits per heavy atom. The molecule has 1 saturated heterocycles. The maximum atomic E-state index is 10.8. The molecule has 1 rings (SSSR count). The summed E-state index contributed by atoms with van der Waals surface area (Å²) in [4.78, 5) is 4.60. The van der Waals surface area contributed by atoms with Gasteiger partial charge in [0, 0.05) is 6.04 Å². The summed E-state index contributed by atoms with van der Waals surface area (Å²) in [5.41, 5.74) is 2.62. The fraction of sp³-hybridized carbons (Fsp3) is 1.00. The van der Waals surface area contributed by atoms with Crippen LogP contribution in [0.2, 0.25) is 0 Å². The number of sulfone groups is 1. The lowest BCUT2D eigenvalue weighted by atomic mass is 10.3. The van der Waals surface area contributed by atoms with Gasteiger partial charge in [-0.3, -0.25) is 0 Å². The maximum absolute atomic E-state index is 10.8. The zero-order valence-corrected chi connectivity index (χ0v) is 7.87. The van der Waals surface area contributed by atoms with Crippen LogP contribution in [0.5, 0.6) is 0 Å². The normalized spacial score (nSPS) is 27.9. The quantitative estimate of drug-likeness (QED) is 0.626. The minimum Gasteiger partial charge on any atom is -0.305 e. The van der Waals surface area contributed by atoms with E-state index >= 15 is 0 Å². The van der Waals surface area contributed by atoms with Gasteiger partial charge in [-0.25, -0.2) is 8.42 Å². The average molecular weight is 202 g/mol. The molecule has 0 aromatic carbocycles. The fourth-order valence-corrected chi connectivity index (χ4v) is 2.71. The Balaban J connectivity index is 0.000001000. The second-order valence-electron chi connectivity index (χ2n) is 2.42. The first-order valence-corrected chi connectivity index (χ1v) is 4.95. The van der Waals surface area contributed by atoms with Gasteiger partial charge in [-0.1, -0.05) is 0 Å². The highest BCUT2D eigenvalue weighted by Crippen LogP contribution is 2.10. The van der Waals surface area contributed by atoms with Gasteiger partial charge in [-0.2, -0.15) is 5.48 Å². The van der Waals surface area contributed by atoms with Crippen LogP contribution in [0.15, 0.2) is 0 Å². The first kappa shape index (κ1) is 11.2. The summed E-state index contributed by atoms with van der Waals surface area (Å²) in [7, 11) is -1.27. The Kier molecular flexibility index (Phi) is 4.31. The number of halogens is 1. The highest BCUT2D eigenvalue weighted by Gasteiger charge is 2.27. The van der Waals surface area contributed by atoms with Crippen LogP contribution in [0.25, 0.3) is 0 Å². The maximum Gasteiger partial charge on any atom is 0.151 e. The first-order chi connectivity index (χ1) is 4.64. The van der Waals surface area contributed by atoms with E-state index in [1.54, 1.807) is 0 Å². The van der Waals surface area contributed by atoms with Crippen LogP contribution in [0, 0.1) is 0 Å². The number of rotatable bonds is 2. The summed E-state index contributed by atoms with van der Waals surface area (Å²) in [6, 6.07) is -0.00463. The number of nitrogens with one attached hydrogen (secondary N) is 1. The molecule has 1 atom stereocenters. The molecule has 4 nitrogen and oxygen atoms in total. The van der Waals surface area contributed by atoms with Crippen molar-refractivity contribution in [1.82, 2.24) is 5.48 Å². The van der Waals surface area contributed by atoms with Gasteiger partial charge in [0.05, 0.1) is 18.6 Å². The van der Waals surface area contributed by atoms with Gasteiger partial charge in [-0.05, 0) is 6.42 Å². The Hall–Kier alpha value is 0.160. The van der Waals surface area contributed by atoms with Gasteiger partial charge in [0.2, 0.25) is 0 Å². The van der Waals surface area contributed by atoms with Gasteiger partial charge in [0.25, 0.3) is 0 Å². The molecule has 0 radical (unpaired) electrons. The molecule has 0 aromatic heterocycles. The molecule has 1 aliphatic rings. The highest BCUT2D eigenvalue weighted by molar-refractivity contribution is 7.91. The minimum atomic E-state index is -2.76. The molecule has 1 heterocycles. The number of hydroxylamine groups is 1. The Morgan fingerprint density at radius 3 is 2.55 bits per heavy atom. The van der Waals surface area contributed by atoms with E-state index in [9.17, 15) is 8.42 Å². The Morgan fingerprint density at radius 2 is 2.18 bits per heavy atom. The lowest BCUT2D eigenvalue weighted by Gasteiger charge is -2.05. The third kappa shape index (κ3) is 3.37. The van der Waals surface area contributed by atoms with E-state index in [0.29, 0.717) is 6.42 Å². The topological polar surface area (TPSA) is 55.4 Å². The van der Waals surface area contributed by atoms with Gasteiger partial charge in [0.1, 0.15) is 0 Å². The van der Waals surface area contributed by atoms with Crippen LogP contribution in [-0.2, 0) is 14.7 Å². The fourth-order valence-electron chi connectivity index (χ4n) is 1.05. The lowest BCUT2D eigenvalue weighted by Crippen LogP contribution is -2.28.